The van der Waals surface area contributed by atoms with Crippen LogP contribution in [0.2, 0.25) is 5.15 Å². The van der Waals surface area contributed by atoms with Gasteiger partial charge in [0.1, 0.15) is 5.15 Å². The third-order valence-corrected chi connectivity index (χ3v) is 2.41. The highest BCUT2D eigenvalue weighted by atomic mass is 35.5. The number of H-pyrrole nitrogens is 1. The van der Waals surface area contributed by atoms with Gasteiger partial charge in [0.2, 0.25) is 0 Å². The summed E-state index contributed by atoms with van der Waals surface area (Å²) in [6, 6.07) is 7.46. The zero-order chi connectivity index (χ0) is 10.1. The minimum absolute atomic E-state index is 0.0262. The number of aromatic nitrogens is 1. The molecule has 0 aliphatic carbocycles. The molecule has 0 fully saturated rings. The number of fused-ring (bicyclic) bond motifs is 1. The number of rotatable bonds is 2. The number of nitrogens with one attached hydrogen (secondary N) is 1. The van der Waals surface area contributed by atoms with Gasteiger partial charge in [0.25, 0.3) is 0 Å². The molecule has 1 heterocycles. The molecule has 0 saturated heterocycles. The van der Waals surface area contributed by atoms with E-state index in [0.29, 0.717) is 10.7 Å². The number of hydrogen-bond donors (Lipinski definition) is 2. The summed E-state index contributed by atoms with van der Waals surface area (Å²) in [6.45, 7) is -0.0262. The first-order valence-electron chi connectivity index (χ1n) is 4.23. The summed E-state index contributed by atoms with van der Waals surface area (Å²) in [6.07, 6.45) is 0. The standard InChI is InChI=1S/C10H9ClN2O/c11-10-9(8(14)5-12)6-3-1-2-4-7(6)13-10/h1-4,13H,5,12H2. The number of carbonyl (C=O) groups is 1. The molecule has 3 N–H and O–H groups in total. The maximum Gasteiger partial charge on any atom is 0.180 e. The van der Waals surface area contributed by atoms with Crippen molar-refractivity contribution in [2.24, 2.45) is 5.73 Å². The van der Waals surface area contributed by atoms with Crippen molar-refractivity contribution >= 4 is 28.3 Å². The van der Waals surface area contributed by atoms with E-state index >= 15 is 0 Å². The summed E-state index contributed by atoms with van der Waals surface area (Å²) in [4.78, 5) is 14.4. The first-order chi connectivity index (χ1) is 6.74. The molecule has 2 aromatic rings. The molecule has 0 saturated carbocycles. The van der Waals surface area contributed by atoms with E-state index in [4.69, 9.17) is 17.3 Å². The number of ketones is 1. The molecule has 2 rings (SSSR count). The number of hydrogen-bond acceptors (Lipinski definition) is 2. The highest BCUT2D eigenvalue weighted by Crippen LogP contribution is 2.25. The van der Waals surface area contributed by atoms with Crippen LogP contribution in [0.25, 0.3) is 10.9 Å². The van der Waals surface area contributed by atoms with Gasteiger partial charge in [-0.1, -0.05) is 29.8 Å². The summed E-state index contributed by atoms with van der Waals surface area (Å²) < 4.78 is 0. The topological polar surface area (TPSA) is 58.9 Å². The molecule has 0 aliphatic heterocycles. The third kappa shape index (κ3) is 1.31. The van der Waals surface area contributed by atoms with Crippen LogP contribution in [-0.4, -0.2) is 17.3 Å². The Morgan fingerprint density at radius 2 is 2.14 bits per heavy atom. The van der Waals surface area contributed by atoms with Crippen LogP contribution in [0.4, 0.5) is 0 Å². The van der Waals surface area contributed by atoms with E-state index in [0.717, 1.165) is 10.9 Å². The maximum absolute atomic E-state index is 11.5. The zero-order valence-electron chi connectivity index (χ0n) is 7.38. The highest BCUT2D eigenvalue weighted by Gasteiger charge is 2.14. The molecule has 0 aliphatic rings. The molecular formula is C10H9ClN2O. The van der Waals surface area contributed by atoms with Crippen LogP contribution in [0.3, 0.4) is 0 Å². The lowest BCUT2D eigenvalue weighted by Crippen LogP contribution is -2.13. The number of halogens is 1. The molecule has 0 amide bonds. The molecule has 14 heavy (non-hydrogen) atoms. The predicted octanol–water partition coefficient (Wildman–Crippen LogP) is 1.96. The molecular weight excluding hydrogens is 200 g/mol. The fourth-order valence-electron chi connectivity index (χ4n) is 1.48. The summed E-state index contributed by atoms with van der Waals surface area (Å²) in [7, 11) is 0. The lowest BCUT2D eigenvalue weighted by molar-refractivity contribution is 0.100. The Kier molecular flexibility index (Phi) is 2.27. The summed E-state index contributed by atoms with van der Waals surface area (Å²) in [5, 5.41) is 1.19. The molecule has 0 bridgehead atoms. The second-order valence-corrected chi connectivity index (χ2v) is 3.36. The second-order valence-electron chi connectivity index (χ2n) is 2.99. The smallest absolute Gasteiger partial charge is 0.180 e. The number of Topliss-reactive ketones (excluding diaryl/α,β-unsaturated/α-hetero) is 1. The Morgan fingerprint density at radius 1 is 1.43 bits per heavy atom. The predicted molar refractivity (Wildman–Crippen MR) is 56.7 cm³/mol. The molecule has 4 heteroatoms. The van der Waals surface area contributed by atoms with Crippen LogP contribution < -0.4 is 5.73 Å². The minimum Gasteiger partial charge on any atom is -0.345 e. The Hall–Kier alpha value is -1.32. The van der Waals surface area contributed by atoms with Crippen LogP contribution in [0, 0.1) is 0 Å². The van der Waals surface area contributed by atoms with Gasteiger partial charge in [0, 0.05) is 10.9 Å². The SMILES string of the molecule is NCC(=O)c1c(Cl)[nH]c2ccccc12. The fourth-order valence-corrected chi connectivity index (χ4v) is 1.79. The van der Waals surface area contributed by atoms with Crippen molar-refractivity contribution in [1.82, 2.24) is 4.98 Å². The van der Waals surface area contributed by atoms with Crippen molar-refractivity contribution in [3.8, 4) is 0 Å². The first kappa shape index (κ1) is 9.24. The van der Waals surface area contributed by atoms with E-state index < -0.39 is 0 Å². The molecule has 1 aromatic heterocycles. The maximum atomic E-state index is 11.5. The average molecular weight is 209 g/mol. The van der Waals surface area contributed by atoms with Gasteiger partial charge in [-0.15, -0.1) is 0 Å². The van der Waals surface area contributed by atoms with Crippen LogP contribution in [0.1, 0.15) is 10.4 Å². The number of benzene rings is 1. The van der Waals surface area contributed by atoms with E-state index in [1.54, 1.807) is 0 Å². The van der Waals surface area contributed by atoms with Crippen molar-refractivity contribution < 1.29 is 4.79 Å². The van der Waals surface area contributed by atoms with Gasteiger partial charge >= 0.3 is 0 Å². The second kappa shape index (κ2) is 3.44. The van der Waals surface area contributed by atoms with Crippen molar-refractivity contribution in [3.63, 3.8) is 0 Å². The van der Waals surface area contributed by atoms with Gasteiger partial charge in [0.15, 0.2) is 5.78 Å². The zero-order valence-corrected chi connectivity index (χ0v) is 8.14. The van der Waals surface area contributed by atoms with Crippen LogP contribution in [0.15, 0.2) is 24.3 Å². The average Bonchev–Trinajstić information content (AvgIpc) is 2.53. The van der Waals surface area contributed by atoms with E-state index in [9.17, 15) is 4.79 Å². The summed E-state index contributed by atoms with van der Waals surface area (Å²) in [5.74, 6) is -0.146. The first-order valence-corrected chi connectivity index (χ1v) is 4.61. The Labute approximate surface area is 85.9 Å². The van der Waals surface area contributed by atoms with Crippen molar-refractivity contribution in [2.75, 3.05) is 6.54 Å². The summed E-state index contributed by atoms with van der Waals surface area (Å²) >= 11 is 5.91. The van der Waals surface area contributed by atoms with Crippen molar-refractivity contribution in [3.05, 3.63) is 35.0 Å². The van der Waals surface area contributed by atoms with E-state index in [1.165, 1.54) is 0 Å². The number of para-hydroxylation sites is 1. The Morgan fingerprint density at radius 3 is 2.86 bits per heavy atom. The van der Waals surface area contributed by atoms with E-state index in [2.05, 4.69) is 4.98 Å². The number of aromatic amines is 1. The molecule has 72 valence electrons. The number of nitrogens with two attached hydrogens (primary N) is 1. The largest absolute Gasteiger partial charge is 0.345 e. The lowest BCUT2D eigenvalue weighted by atomic mass is 10.1. The number of carbonyl (C=O) groups excluding carboxylic acids is 1. The van der Waals surface area contributed by atoms with Crippen LogP contribution in [-0.2, 0) is 0 Å². The lowest BCUT2D eigenvalue weighted by Gasteiger charge is -1.95. The van der Waals surface area contributed by atoms with Crippen LogP contribution >= 0.6 is 11.6 Å². The van der Waals surface area contributed by atoms with E-state index in [-0.39, 0.29) is 12.3 Å². The quantitative estimate of drug-likeness (QED) is 0.742. The molecule has 0 radical (unpaired) electrons. The van der Waals surface area contributed by atoms with Gasteiger partial charge in [-0.2, -0.15) is 0 Å². The summed E-state index contributed by atoms with van der Waals surface area (Å²) in [5.41, 5.74) is 6.65. The Balaban J connectivity index is 2.74. The molecule has 0 spiro atoms. The fraction of sp³-hybridized carbons (Fsp3) is 0.100. The van der Waals surface area contributed by atoms with Gasteiger partial charge in [-0.05, 0) is 6.07 Å². The minimum atomic E-state index is -0.146. The monoisotopic (exact) mass is 208 g/mol. The molecule has 3 nitrogen and oxygen atoms in total. The van der Waals surface area contributed by atoms with Crippen LogP contribution in [0.5, 0.6) is 0 Å². The van der Waals surface area contributed by atoms with Gasteiger partial charge in [0.05, 0.1) is 12.1 Å². The highest BCUT2D eigenvalue weighted by molar-refractivity contribution is 6.35. The van der Waals surface area contributed by atoms with Crippen molar-refractivity contribution in [1.29, 1.82) is 0 Å². The van der Waals surface area contributed by atoms with Gasteiger partial charge in [-0.25, -0.2) is 0 Å². The molecule has 0 atom stereocenters. The van der Waals surface area contributed by atoms with Gasteiger partial charge < -0.3 is 10.7 Å². The van der Waals surface area contributed by atoms with E-state index in [1.807, 2.05) is 24.3 Å². The third-order valence-electron chi connectivity index (χ3n) is 2.12. The normalized spacial score (nSPS) is 10.7. The van der Waals surface area contributed by atoms with Gasteiger partial charge in [-0.3, -0.25) is 4.79 Å². The van der Waals surface area contributed by atoms with Crippen molar-refractivity contribution in [2.45, 2.75) is 0 Å². The molecule has 0 unspecified atom stereocenters. The Bertz CT molecular complexity index is 490. The molecule has 1 aromatic carbocycles.